The third kappa shape index (κ3) is 3.11. The molecule has 2 aromatic heterocycles. The molecule has 2 aromatic rings. The van der Waals surface area contributed by atoms with Crippen LogP contribution in [0.2, 0.25) is 0 Å². The van der Waals surface area contributed by atoms with E-state index in [1.165, 1.54) is 0 Å². The van der Waals surface area contributed by atoms with E-state index >= 15 is 0 Å². The number of nitrogens with zero attached hydrogens (tertiary/aromatic N) is 2. The topological polar surface area (TPSA) is 75.4 Å². The molecule has 0 aromatic carbocycles. The number of pyridine rings is 1. The van der Waals surface area contributed by atoms with Crippen molar-refractivity contribution in [2.45, 2.75) is 38.1 Å². The van der Waals surface area contributed by atoms with Gasteiger partial charge in [-0.05, 0) is 37.5 Å². The van der Waals surface area contributed by atoms with Crippen LogP contribution in [0.4, 0.5) is 0 Å². The summed E-state index contributed by atoms with van der Waals surface area (Å²) in [4.78, 5) is 31.1. The summed E-state index contributed by atoms with van der Waals surface area (Å²) >= 11 is 0. The fraction of sp³-hybridized carbons (Fsp3) is 0.450. The molecule has 0 unspecified atom stereocenters. The van der Waals surface area contributed by atoms with Gasteiger partial charge in [-0.3, -0.25) is 14.6 Å². The number of furan rings is 1. The summed E-state index contributed by atoms with van der Waals surface area (Å²) in [7, 11) is 0. The van der Waals surface area contributed by atoms with E-state index < -0.39 is 0 Å². The largest absolute Gasteiger partial charge is 0.468 e. The fourth-order valence-corrected chi connectivity index (χ4v) is 3.91. The average molecular weight is 353 g/mol. The molecule has 1 aliphatic heterocycles. The quantitative estimate of drug-likeness (QED) is 0.866. The van der Waals surface area contributed by atoms with Gasteiger partial charge in [0.15, 0.2) is 0 Å². The number of amides is 2. The highest BCUT2D eigenvalue weighted by Crippen LogP contribution is 2.42. The van der Waals surface area contributed by atoms with Crippen molar-refractivity contribution in [2.75, 3.05) is 13.1 Å². The van der Waals surface area contributed by atoms with E-state index in [9.17, 15) is 9.59 Å². The zero-order chi connectivity index (χ0) is 18.1. The highest BCUT2D eigenvalue weighted by Gasteiger charge is 2.40. The van der Waals surface area contributed by atoms with Gasteiger partial charge < -0.3 is 14.6 Å². The standard InChI is InChI=1S/C20H23N3O3/c1-2-23-17(24)10-15(18(23)14-4-3-8-21-11-14)12-22-20(25)16-7-9-26-19(16)13-5-6-13/h3-4,7-9,11,13,15,18H,2,5-6,10,12H2,1H3,(H,22,25)/t15-,18-/m0/s1. The van der Waals surface area contributed by atoms with Gasteiger partial charge in [-0.1, -0.05) is 6.07 Å². The Morgan fingerprint density at radius 3 is 2.92 bits per heavy atom. The molecule has 26 heavy (non-hydrogen) atoms. The van der Waals surface area contributed by atoms with Gasteiger partial charge in [0.05, 0.1) is 17.9 Å². The number of carbonyl (C=O) groups excluding carboxylic acids is 2. The summed E-state index contributed by atoms with van der Waals surface area (Å²) in [6.07, 6.45) is 7.72. The number of nitrogens with one attached hydrogen (secondary N) is 1. The molecule has 3 heterocycles. The highest BCUT2D eigenvalue weighted by molar-refractivity contribution is 5.95. The summed E-state index contributed by atoms with van der Waals surface area (Å²) in [6.45, 7) is 3.09. The van der Waals surface area contributed by atoms with E-state index in [0.717, 1.165) is 24.2 Å². The number of hydrogen-bond acceptors (Lipinski definition) is 4. The zero-order valence-electron chi connectivity index (χ0n) is 14.9. The predicted molar refractivity (Wildman–Crippen MR) is 95.5 cm³/mol. The minimum absolute atomic E-state index is 0.0341. The summed E-state index contributed by atoms with van der Waals surface area (Å²) in [5.74, 6) is 1.23. The second-order valence-electron chi connectivity index (χ2n) is 7.06. The first-order valence-corrected chi connectivity index (χ1v) is 9.24. The van der Waals surface area contributed by atoms with Crippen LogP contribution in [-0.2, 0) is 4.79 Å². The molecule has 1 N–H and O–H groups in total. The van der Waals surface area contributed by atoms with Gasteiger partial charge in [-0.25, -0.2) is 0 Å². The summed E-state index contributed by atoms with van der Waals surface area (Å²) < 4.78 is 5.49. The summed E-state index contributed by atoms with van der Waals surface area (Å²) in [5.41, 5.74) is 1.64. The van der Waals surface area contributed by atoms with E-state index in [4.69, 9.17) is 4.42 Å². The van der Waals surface area contributed by atoms with E-state index in [-0.39, 0.29) is 23.8 Å². The Morgan fingerprint density at radius 2 is 2.23 bits per heavy atom. The molecule has 6 heteroatoms. The maximum absolute atomic E-state index is 12.6. The van der Waals surface area contributed by atoms with Crippen LogP contribution < -0.4 is 5.32 Å². The second kappa shape index (κ2) is 6.94. The lowest BCUT2D eigenvalue weighted by Gasteiger charge is -2.27. The maximum Gasteiger partial charge on any atom is 0.254 e. The van der Waals surface area contributed by atoms with E-state index in [1.807, 2.05) is 30.2 Å². The van der Waals surface area contributed by atoms with Crippen molar-refractivity contribution in [1.82, 2.24) is 15.2 Å². The van der Waals surface area contributed by atoms with Gasteiger partial charge in [0.1, 0.15) is 5.76 Å². The molecular weight excluding hydrogens is 330 g/mol. The third-order valence-electron chi connectivity index (χ3n) is 5.32. The molecule has 136 valence electrons. The first-order valence-electron chi connectivity index (χ1n) is 9.24. The van der Waals surface area contributed by atoms with Crippen molar-refractivity contribution < 1.29 is 14.0 Å². The van der Waals surface area contributed by atoms with Gasteiger partial charge in [-0.2, -0.15) is 0 Å². The van der Waals surface area contributed by atoms with Crippen LogP contribution in [0.3, 0.4) is 0 Å². The molecule has 0 spiro atoms. The van der Waals surface area contributed by atoms with Gasteiger partial charge in [-0.15, -0.1) is 0 Å². The number of rotatable bonds is 6. The van der Waals surface area contributed by atoms with Gasteiger partial charge in [0, 0.05) is 43.7 Å². The number of carbonyl (C=O) groups is 2. The molecule has 2 amide bonds. The Hall–Kier alpha value is -2.63. The fourth-order valence-electron chi connectivity index (χ4n) is 3.91. The molecule has 2 atom stereocenters. The lowest BCUT2D eigenvalue weighted by atomic mass is 9.94. The van der Waals surface area contributed by atoms with Crippen LogP contribution in [0.15, 0.2) is 41.3 Å². The van der Waals surface area contributed by atoms with E-state index in [2.05, 4.69) is 10.3 Å². The monoisotopic (exact) mass is 353 g/mol. The number of likely N-dealkylation sites (tertiary alicyclic amines) is 1. The van der Waals surface area contributed by atoms with Gasteiger partial charge in [0.25, 0.3) is 5.91 Å². The minimum atomic E-state index is -0.118. The van der Waals surface area contributed by atoms with Crippen LogP contribution in [0.25, 0.3) is 0 Å². The summed E-state index contributed by atoms with van der Waals surface area (Å²) in [6, 6.07) is 5.57. The Bertz CT molecular complexity index is 798. The smallest absolute Gasteiger partial charge is 0.254 e. The SMILES string of the molecule is CCN1C(=O)C[C@@H](CNC(=O)c2ccoc2C2CC2)[C@@H]1c1cccnc1. The minimum Gasteiger partial charge on any atom is -0.468 e. The van der Waals surface area contributed by atoms with Crippen LogP contribution in [-0.4, -0.2) is 34.8 Å². The third-order valence-corrected chi connectivity index (χ3v) is 5.32. The summed E-state index contributed by atoms with van der Waals surface area (Å²) in [5, 5.41) is 3.02. The lowest BCUT2D eigenvalue weighted by Crippen LogP contribution is -2.34. The molecule has 1 saturated carbocycles. The van der Waals surface area contributed by atoms with E-state index in [0.29, 0.717) is 31.0 Å². The first kappa shape index (κ1) is 16.8. The van der Waals surface area contributed by atoms with Crippen LogP contribution in [0, 0.1) is 5.92 Å². The van der Waals surface area contributed by atoms with Crippen molar-refractivity contribution in [3.63, 3.8) is 0 Å². The van der Waals surface area contributed by atoms with Gasteiger partial charge in [0.2, 0.25) is 5.91 Å². The number of hydrogen-bond donors (Lipinski definition) is 1. The van der Waals surface area contributed by atoms with Crippen molar-refractivity contribution in [2.24, 2.45) is 5.92 Å². The Balaban J connectivity index is 1.48. The molecule has 0 radical (unpaired) electrons. The van der Waals surface area contributed by atoms with E-state index in [1.54, 1.807) is 18.5 Å². The second-order valence-corrected chi connectivity index (χ2v) is 7.06. The first-order chi connectivity index (χ1) is 12.7. The Kier molecular flexibility index (Phi) is 4.49. The molecule has 2 fully saturated rings. The molecule has 4 rings (SSSR count). The molecule has 0 bridgehead atoms. The molecule has 6 nitrogen and oxygen atoms in total. The normalized spacial score (nSPS) is 22.7. The predicted octanol–water partition coefficient (Wildman–Crippen LogP) is 2.89. The van der Waals surface area contributed by atoms with Crippen LogP contribution in [0.1, 0.15) is 59.8 Å². The molecule has 2 aliphatic rings. The molecular formula is C20H23N3O3. The molecule has 1 saturated heterocycles. The van der Waals surface area contributed by atoms with Crippen molar-refractivity contribution in [1.29, 1.82) is 0 Å². The highest BCUT2D eigenvalue weighted by atomic mass is 16.3. The van der Waals surface area contributed by atoms with Crippen LogP contribution in [0.5, 0.6) is 0 Å². The van der Waals surface area contributed by atoms with Crippen LogP contribution >= 0.6 is 0 Å². The van der Waals surface area contributed by atoms with Crippen molar-refractivity contribution in [3.8, 4) is 0 Å². The molecule has 1 aliphatic carbocycles. The Labute approximate surface area is 152 Å². The average Bonchev–Trinajstić information content (AvgIpc) is 3.29. The zero-order valence-corrected chi connectivity index (χ0v) is 14.9. The van der Waals surface area contributed by atoms with Crippen molar-refractivity contribution >= 4 is 11.8 Å². The maximum atomic E-state index is 12.6. The number of aromatic nitrogens is 1. The van der Waals surface area contributed by atoms with Gasteiger partial charge >= 0.3 is 0 Å². The lowest BCUT2D eigenvalue weighted by molar-refractivity contribution is -0.128. The Morgan fingerprint density at radius 1 is 1.38 bits per heavy atom. The van der Waals surface area contributed by atoms with Crippen molar-refractivity contribution in [3.05, 3.63) is 53.7 Å².